The van der Waals surface area contributed by atoms with Crippen LogP contribution in [0.3, 0.4) is 0 Å². The number of rotatable bonds is 3. The Morgan fingerprint density at radius 2 is 2.33 bits per heavy atom. The summed E-state index contributed by atoms with van der Waals surface area (Å²) in [5, 5.41) is 2.86. The number of nitrogens with one attached hydrogen (secondary N) is 1. The maximum atomic E-state index is 11.5. The summed E-state index contributed by atoms with van der Waals surface area (Å²) in [6, 6.07) is 0. The normalized spacial score (nSPS) is 11.3. The summed E-state index contributed by atoms with van der Waals surface area (Å²) in [5.41, 5.74) is 0.652. The number of hydrogen-bond acceptors (Lipinski definition) is 3. The van der Waals surface area contributed by atoms with Crippen LogP contribution in [-0.4, -0.2) is 15.9 Å². The monoisotopic (exact) mass is 225 g/mol. The van der Waals surface area contributed by atoms with Crippen LogP contribution in [0, 0.1) is 0 Å². The predicted molar refractivity (Wildman–Crippen MR) is 59.7 cm³/mol. The molecule has 80 valence electrons. The van der Waals surface area contributed by atoms with Gasteiger partial charge in [0.2, 0.25) is 0 Å². The first kappa shape index (κ1) is 11.7. The molecule has 1 N–H and O–H groups in total. The molecule has 0 fully saturated rings. The van der Waals surface area contributed by atoms with Gasteiger partial charge in [0, 0.05) is 5.57 Å². The number of aromatic nitrogens is 2. The molecule has 1 heterocycles. The minimum Gasteiger partial charge on any atom is -0.306 e. The Kier molecular flexibility index (Phi) is 4.24. The number of carbonyl (C=O) groups is 1. The third-order valence-corrected chi connectivity index (χ3v) is 1.90. The second kappa shape index (κ2) is 5.46. The molecule has 0 atom stereocenters. The molecule has 1 amide bonds. The van der Waals surface area contributed by atoms with Crippen LogP contribution in [0.1, 0.15) is 20.3 Å². The lowest BCUT2D eigenvalue weighted by Gasteiger charge is -2.03. The molecule has 4 nitrogen and oxygen atoms in total. The molecule has 0 unspecified atom stereocenters. The third kappa shape index (κ3) is 3.67. The Morgan fingerprint density at radius 3 is 2.93 bits per heavy atom. The predicted octanol–water partition coefficient (Wildman–Crippen LogP) is 2.42. The van der Waals surface area contributed by atoms with E-state index in [-0.39, 0.29) is 11.1 Å². The molecule has 1 aromatic heterocycles. The van der Waals surface area contributed by atoms with E-state index in [1.807, 2.05) is 13.0 Å². The fraction of sp³-hybridized carbons (Fsp3) is 0.300. The average Bonchev–Trinajstić information content (AvgIpc) is 2.18. The fourth-order valence-corrected chi connectivity index (χ4v) is 1.16. The van der Waals surface area contributed by atoms with Gasteiger partial charge in [-0.3, -0.25) is 9.78 Å². The average molecular weight is 226 g/mol. The molecule has 0 aliphatic carbocycles. The van der Waals surface area contributed by atoms with Crippen molar-refractivity contribution in [1.29, 1.82) is 0 Å². The van der Waals surface area contributed by atoms with Gasteiger partial charge in [-0.2, -0.15) is 0 Å². The van der Waals surface area contributed by atoms with Crippen LogP contribution in [0.2, 0.25) is 5.15 Å². The van der Waals surface area contributed by atoms with Crippen LogP contribution in [-0.2, 0) is 4.79 Å². The van der Waals surface area contributed by atoms with Gasteiger partial charge in [0.15, 0.2) is 5.82 Å². The number of allylic oxidation sites excluding steroid dienone is 1. The number of halogens is 1. The molecule has 0 saturated heterocycles. The molecule has 0 saturated carbocycles. The van der Waals surface area contributed by atoms with Crippen LogP contribution in [0.25, 0.3) is 0 Å². The Balaban J connectivity index is 2.70. The largest absolute Gasteiger partial charge is 0.306 e. The van der Waals surface area contributed by atoms with Crippen molar-refractivity contribution in [2.75, 3.05) is 5.32 Å². The van der Waals surface area contributed by atoms with Crippen LogP contribution in [0.4, 0.5) is 5.82 Å². The number of carbonyl (C=O) groups excluding carboxylic acids is 1. The van der Waals surface area contributed by atoms with Gasteiger partial charge in [-0.05, 0) is 13.3 Å². The van der Waals surface area contributed by atoms with E-state index in [0.29, 0.717) is 11.4 Å². The first-order valence-corrected chi connectivity index (χ1v) is 4.97. The minimum absolute atomic E-state index is 0.187. The standard InChI is InChI=1S/C10H12ClN3O/c1-3-4-7(2)10(15)14-9-6-12-5-8(11)13-9/h4-6H,3H2,1-2H3,(H,13,14,15)/b7-4-. The van der Waals surface area contributed by atoms with Gasteiger partial charge in [0.1, 0.15) is 5.15 Å². The first-order chi connectivity index (χ1) is 7.13. The van der Waals surface area contributed by atoms with Gasteiger partial charge in [0.05, 0.1) is 12.4 Å². The fourth-order valence-electron chi connectivity index (χ4n) is 1.02. The smallest absolute Gasteiger partial charge is 0.252 e. The van der Waals surface area contributed by atoms with Crippen LogP contribution in [0.15, 0.2) is 24.0 Å². The summed E-state index contributed by atoms with van der Waals surface area (Å²) in [4.78, 5) is 19.2. The number of nitrogens with zero attached hydrogens (tertiary/aromatic N) is 2. The molecule has 15 heavy (non-hydrogen) atoms. The molecule has 0 aromatic carbocycles. The Morgan fingerprint density at radius 1 is 1.60 bits per heavy atom. The molecule has 5 heteroatoms. The molecule has 0 radical (unpaired) electrons. The summed E-state index contributed by atoms with van der Waals surface area (Å²) in [6.07, 6.45) is 5.52. The summed E-state index contributed by atoms with van der Waals surface area (Å²) < 4.78 is 0. The SMILES string of the molecule is CC/C=C(/C)C(=O)Nc1cncc(Cl)n1. The maximum Gasteiger partial charge on any atom is 0.252 e. The van der Waals surface area contributed by atoms with E-state index in [1.165, 1.54) is 12.4 Å². The second-order valence-electron chi connectivity index (χ2n) is 2.98. The lowest BCUT2D eigenvalue weighted by Crippen LogP contribution is -2.13. The minimum atomic E-state index is -0.187. The Labute approximate surface area is 93.4 Å². The zero-order valence-electron chi connectivity index (χ0n) is 8.62. The molecular formula is C10H12ClN3O. The Bertz CT molecular complexity index is 390. The second-order valence-corrected chi connectivity index (χ2v) is 3.36. The number of hydrogen-bond donors (Lipinski definition) is 1. The topological polar surface area (TPSA) is 54.9 Å². The molecule has 0 bridgehead atoms. The van der Waals surface area contributed by atoms with Gasteiger partial charge in [-0.15, -0.1) is 0 Å². The van der Waals surface area contributed by atoms with E-state index < -0.39 is 0 Å². The summed E-state index contributed by atoms with van der Waals surface area (Å²) >= 11 is 5.63. The third-order valence-electron chi connectivity index (χ3n) is 1.72. The van der Waals surface area contributed by atoms with E-state index in [2.05, 4.69) is 15.3 Å². The first-order valence-electron chi connectivity index (χ1n) is 4.59. The van der Waals surface area contributed by atoms with Crippen LogP contribution < -0.4 is 5.32 Å². The molecular weight excluding hydrogens is 214 g/mol. The van der Waals surface area contributed by atoms with Gasteiger partial charge in [0.25, 0.3) is 5.91 Å². The van der Waals surface area contributed by atoms with E-state index >= 15 is 0 Å². The van der Waals surface area contributed by atoms with Gasteiger partial charge in [-0.25, -0.2) is 4.98 Å². The molecule has 1 rings (SSSR count). The van der Waals surface area contributed by atoms with E-state index in [4.69, 9.17) is 11.6 Å². The van der Waals surface area contributed by atoms with E-state index in [9.17, 15) is 4.79 Å². The van der Waals surface area contributed by atoms with E-state index in [0.717, 1.165) is 6.42 Å². The highest BCUT2D eigenvalue weighted by Crippen LogP contribution is 2.08. The summed E-state index contributed by atoms with van der Waals surface area (Å²) in [7, 11) is 0. The van der Waals surface area contributed by atoms with Gasteiger partial charge in [-0.1, -0.05) is 24.6 Å². The highest BCUT2D eigenvalue weighted by molar-refractivity contribution is 6.29. The van der Waals surface area contributed by atoms with Crippen LogP contribution in [0.5, 0.6) is 0 Å². The van der Waals surface area contributed by atoms with Gasteiger partial charge < -0.3 is 5.32 Å². The molecule has 1 aromatic rings. The maximum absolute atomic E-state index is 11.5. The zero-order valence-corrected chi connectivity index (χ0v) is 9.38. The van der Waals surface area contributed by atoms with E-state index in [1.54, 1.807) is 6.92 Å². The van der Waals surface area contributed by atoms with Gasteiger partial charge >= 0.3 is 0 Å². The molecule has 0 spiro atoms. The summed E-state index contributed by atoms with van der Waals surface area (Å²) in [5.74, 6) is 0.171. The van der Waals surface area contributed by atoms with Crippen molar-refractivity contribution in [1.82, 2.24) is 9.97 Å². The van der Waals surface area contributed by atoms with Crippen molar-refractivity contribution < 1.29 is 4.79 Å². The lowest BCUT2D eigenvalue weighted by atomic mass is 10.2. The van der Waals surface area contributed by atoms with Crippen molar-refractivity contribution in [3.05, 3.63) is 29.2 Å². The van der Waals surface area contributed by atoms with Crippen molar-refractivity contribution >= 4 is 23.3 Å². The quantitative estimate of drug-likeness (QED) is 0.804. The van der Waals surface area contributed by atoms with Crippen LogP contribution >= 0.6 is 11.6 Å². The highest BCUT2D eigenvalue weighted by Gasteiger charge is 2.05. The van der Waals surface area contributed by atoms with Crippen molar-refractivity contribution in [2.45, 2.75) is 20.3 Å². The van der Waals surface area contributed by atoms with Crippen molar-refractivity contribution in [3.8, 4) is 0 Å². The van der Waals surface area contributed by atoms with Crippen molar-refractivity contribution in [2.24, 2.45) is 0 Å². The Hall–Kier alpha value is -1.42. The molecule has 0 aliphatic heterocycles. The summed E-state index contributed by atoms with van der Waals surface area (Å²) in [6.45, 7) is 3.72. The number of amides is 1. The zero-order chi connectivity index (χ0) is 11.3. The molecule has 0 aliphatic rings. The lowest BCUT2D eigenvalue weighted by molar-refractivity contribution is -0.112. The number of anilines is 1. The van der Waals surface area contributed by atoms with Crippen molar-refractivity contribution in [3.63, 3.8) is 0 Å². The highest BCUT2D eigenvalue weighted by atomic mass is 35.5.